The van der Waals surface area contributed by atoms with Crippen molar-refractivity contribution in [1.29, 1.82) is 0 Å². The molecule has 0 aromatic heterocycles. The maximum atomic E-state index is 10.9. The lowest BCUT2D eigenvalue weighted by Crippen LogP contribution is -2.68. The summed E-state index contributed by atoms with van der Waals surface area (Å²) in [5.41, 5.74) is 5.38. The summed E-state index contributed by atoms with van der Waals surface area (Å²) in [6.45, 7) is 0.173. The SMILES string of the molecule is NCC1O[C@H]2COC(=O)N[C@H]2C(O)C1O. The van der Waals surface area contributed by atoms with Gasteiger partial charge in [-0.05, 0) is 0 Å². The molecule has 1 amide bonds. The number of nitrogens with two attached hydrogens (primary N) is 1. The molecule has 3 unspecified atom stereocenters. The Morgan fingerprint density at radius 3 is 2.87 bits per heavy atom. The molecule has 2 fully saturated rings. The molecule has 5 atom stereocenters. The molecule has 2 heterocycles. The fraction of sp³-hybridized carbons (Fsp3) is 0.875. The highest BCUT2D eigenvalue weighted by Gasteiger charge is 2.47. The van der Waals surface area contributed by atoms with Crippen molar-refractivity contribution in [2.24, 2.45) is 5.73 Å². The quantitative estimate of drug-likeness (QED) is 0.388. The molecular formula is C8H14N2O5. The number of nitrogens with one attached hydrogen (secondary N) is 1. The van der Waals surface area contributed by atoms with E-state index < -0.39 is 36.6 Å². The predicted molar refractivity (Wildman–Crippen MR) is 48.0 cm³/mol. The first kappa shape index (κ1) is 10.6. The molecule has 2 aliphatic heterocycles. The van der Waals surface area contributed by atoms with Gasteiger partial charge < -0.3 is 30.7 Å². The third kappa shape index (κ3) is 1.78. The number of fused-ring (bicyclic) bond motifs is 1. The number of carbonyl (C=O) groups is 1. The van der Waals surface area contributed by atoms with Crippen LogP contribution in [0.1, 0.15) is 0 Å². The van der Waals surface area contributed by atoms with E-state index in [9.17, 15) is 15.0 Å². The summed E-state index contributed by atoms with van der Waals surface area (Å²) < 4.78 is 10.1. The Morgan fingerprint density at radius 2 is 2.20 bits per heavy atom. The second-order valence-corrected chi connectivity index (χ2v) is 3.70. The van der Waals surface area contributed by atoms with Gasteiger partial charge in [0.05, 0.1) is 12.1 Å². The molecule has 0 aliphatic carbocycles. The van der Waals surface area contributed by atoms with E-state index in [1.54, 1.807) is 0 Å². The average molecular weight is 218 g/mol. The molecule has 86 valence electrons. The largest absolute Gasteiger partial charge is 0.447 e. The number of amides is 1. The minimum atomic E-state index is -1.09. The van der Waals surface area contributed by atoms with Gasteiger partial charge in [0.2, 0.25) is 0 Å². The predicted octanol–water partition coefficient (Wildman–Crippen LogP) is -2.46. The first-order valence-electron chi connectivity index (χ1n) is 4.78. The first-order chi connectivity index (χ1) is 7.13. The minimum Gasteiger partial charge on any atom is -0.447 e. The maximum Gasteiger partial charge on any atom is 0.407 e. The van der Waals surface area contributed by atoms with Crippen LogP contribution in [0, 0.1) is 0 Å². The van der Waals surface area contributed by atoms with Crippen molar-refractivity contribution in [3.63, 3.8) is 0 Å². The number of cyclic esters (lactones) is 1. The molecule has 0 aromatic carbocycles. The highest BCUT2D eigenvalue weighted by atomic mass is 16.6. The van der Waals surface area contributed by atoms with E-state index in [1.807, 2.05) is 0 Å². The average Bonchev–Trinajstić information content (AvgIpc) is 2.24. The fourth-order valence-corrected chi connectivity index (χ4v) is 1.89. The molecule has 0 bridgehead atoms. The third-order valence-electron chi connectivity index (χ3n) is 2.74. The van der Waals surface area contributed by atoms with Crippen LogP contribution >= 0.6 is 0 Å². The zero-order valence-corrected chi connectivity index (χ0v) is 8.00. The lowest BCUT2D eigenvalue weighted by atomic mass is 9.92. The van der Waals surface area contributed by atoms with Gasteiger partial charge in [-0.15, -0.1) is 0 Å². The van der Waals surface area contributed by atoms with Crippen LogP contribution in [0.5, 0.6) is 0 Å². The number of aliphatic hydroxyl groups is 2. The molecule has 0 spiro atoms. The van der Waals surface area contributed by atoms with Crippen molar-refractivity contribution in [2.75, 3.05) is 13.2 Å². The summed E-state index contributed by atoms with van der Waals surface area (Å²) in [6.07, 6.45) is -3.87. The minimum absolute atomic E-state index is 0.0663. The number of hydrogen-bond donors (Lipinski definition) is 4. The van der Waals surface area contributed by atoms with E-state index in [4.69, 9.17) is 15.2 Å². The number of alkyl carbamates (subject to hydrolysis) is 1. The van der Waals surface area contributed by atoms with Gasteiger partial charge in [0, 0.05) is 6.54 Å². The van der Waals surface area contributed by atoms with Crippen molar-refractivity contribution in [3.8, 4) is 0 Å². The second kappa shape index (κ2) is 3.93. The second-order valence-electron chi connectivity index (χ2n) is 3.70. The van der Waals surface area contributed by atoms with Crippen LogP contribution in [0.4, 0.5) is 4.79 Å². The van der Waals surface area contributed by atoms with Gasteiger partial charge in [0.25, 0.3) is 0 Å². The summed E-state index contributed by atoms with van der Waals surface area (Å²) in [7, 11) is 0. The first-order valence-corrected chi connectivity index (χ1v) is 4.78. The van der Waals surface area contributed by atoms with Gasteiger partial charge in [-0.2, -0.15) is 0 Å². The van der Waals surface area contributed by atoms with E-state index >= 15 is 0 Å². The Labute approximate surface area is 86.1 Å². The third-order valence-corrected chi connectivity index (χ3v) is 2.74. The van der Waals surface area contributed by atoms with Crippen molar-refractivity contribution < 1.29 is 24.5 Å². The smallest absolute Gasteiger partial charge is 0.407 e. The van der Waals surface area contributed by atoms with Gasteiger partial charge >= 0.3 is 6.09 Å². The molecule has 0 saturated carbocycles. The number of hydrogen-bond acceptors (Lipinski definition) is 6. The van der Waals surface area contributed by atoms with E-state index in [-0.39, 0.29) is 13.2 Å². The van der Waals surface area contributed by atoms with Crippen molar-refractivity contribution in [3.05, 3.63) is 0 Å². The Hall–Kier alpha value is -0.890. The van der Waals surface area contributed by atoms with Gasteiger partial charge in [0.15, 0.2) is 0 Å². The van der Waals surface area contributed by atoms with Crippen molar-refractivity contribution in [1.82, 2.24) is 5.32 Å². The van der Waals surface area contributed by atoms with E-state index in [1.165, 1.54) is 0 Å². The Balaban J connectivity index is 2.11. The molecule has 2 rings (SSSR count). The lowest BCUT2D eigenvalue weighted by Gasteiger charge is -2.44. The maximum absolute atomic E-state index is 10.9. The monoisotopic (exact) mass is 218 g/mol. The lowest BCUT2D eigenvalue weighted by molar-refractivity contribution is -0.196. The number of aliphatic hydroxyl groups excluding tert-OH is 2. The van der Waals surface area contributed by atoms with Crippen molar-refractivity contribution in [2.45, 2.75) is 30.5 Å². The summed E-state index contributed by atoms with van der Waals surface area (Å²) in [5, 5.41) is 21.8. The molecule has 2 saturated heterocycles. The summed E-state index contributed by atoms with van der Waals surface area (Å²) in [5.74, 6) is 0. The van der Waals surface area contributed by atoms with Crippen LogP contribution < -0.4 is 11.1 Å². The topological polar surface area (TPSA) is 114 Å². The molecule has 5 N–H and O–H groups in total. The standard InChI is InChI=1S/C8H14N2O5/c9-1-3-6(11)7(12)5-4(15-3)2-14-8(13)10-5/h3-7,11-12H,1-2,9H2,(H,10,13)/t3?,4-,5+,6?,7?/m0/s1. The number of rotatable bonds is 1. The molecule has 7 nitrogen and oxygen atoms in total. The van der Waals surface area contributed by atoms with Crippen LogP contribution in [0.2, 0.25) is 0 Å². The Bertz CT molecular complexity index is 259. The summed E-state index contributed by atoms with van der Waals surface area (Å²) >= 11 is 0. The van der Waals surface area contributed by atoms with E-state index in [0.717, 1.165) is 0 Å². The number of carbonyl (C=O) groups excluding carboxylic acids is 1. The van der Waals surface area contributed by atoms with Crippen LogP contribution in [-0.2, 0) is 9.47 Å². The Kier molecular flexibility index (Phi) is 2.79. The van der Waals surface area contributed by atoms with Crippen LogP contribution in [0.3, 0.4) is 0 Å². The zero-order valence-electron chi connectivity index (χ0n) is 8.00. The molecule has 15 heavy (non-hydrogen) atoms. The molecular weight excluding hydrogens is 204 g/mol. The number of ether oxygens (including phenoxy) is 2. The van der Waals surface area contributed by atoms with Crippen LogP contribution in [-0.4, -0.2) is 59.9 Å². The zero-order chi connectivity index (χ0) is 11.0. The Morgan fingerprint density at radius 1 is 1.47 bits per heavy atom. The van der Waals surface area contributed by atoms with Crippen LogP contribution in [0.15, 0.2) is 0 Å². The van der Waals surface area contributed by atoms with Crippen molar-refractivity contribution >= 4 is 6.09 Å². The van der Waals surface area contributed by atoms with E-state index in [2.05, 4.69) is 5.32 Å². The fourth-order valence-electron chi connectivity index (χ4n) is 1.89. The van der Waals surface area contributed by atoms with Gasteiger partial charge in [-0.1, -0.05) is 0 Å². The van der Waals surface area contributed by atoms with Gasteiger partial charge in [0.1, 0.15) is 24.9 Å². The normalized spacial score (nSPS) is 45.3. The van der Waals surface area contributed by atoms with Gasteiger partial charge in [-0.3, -0.25) is 0 Å². The highest BCUT2D eigenvalue weighted by Crippen LogP contribution is 2.23. The summed E-state index contributed by atoms with van der Waals surface area (Å²) in [4.78, 5) is 10.9. The highest BCUT2D eigenvalue weighted by molar-refractivity contribution is 5.68. The molecule has 0 aromatic rings. The summed E-state index contributed by atoms with van der Waals surface area (Å²) in [6, 6.07) is -0.635. The van der Waals surface area contributed by atoms with E-state index in [0.29, 0.717) is 0 Å². The molecule has 2 aliphatic rings. The van der Waals surface area contributed by atoms with Crippen LogP contribution in [0.25, 0.3) is 0 Å². The molecule has 0 radical (unpaired) electrons. The molecule has 7 heteroatoms. The van der Waals surface area contributed by atoms with Gasteiger partial charge in [-0.25, -0.2) is 4.79 Å².